The summed E-state index contributed by atoms with van der Waals surface area (Å²) >= 11 is 5.97. The number of hydrogen-bond donors (Lipinski definition) is 0. The Bertz CT molecular complexity index is 1110. The Kier molecular flexibility index (Phi) is 7.06. The molecule has 178 valence electrons. The van der Waals surface area contributed by atoms with Gasteiger partial charge < -0.3 is 9.80 Å². The average molecular weight is 494 g/mol. The summed E-state index contributed by atoms with van der Waals surface area (Å²) in [6, 6.07) is 7.46. The topological polar surface area (TPSA) is 95.8 Å². The maximum Gasteiger partial charge on any atom is 0.263 e. The average Bonchev–Trinajstić information content (AvgIpc) is 3.25. The molecular formula is C22H28ClN5O4S. The minimum Gasteiger partial charge on any atom is -0.369 e. The van der Waals surface area contributed by atoms with Crippen LogP contribution in [-0.4, -0.2) is 78.4 Å². The van der Waals surface area contributed by atoms with Gasteiger partial charge in [-0.2, -0.15) is 9.40 Å². The van der Waals surface area contributed by atoms with Gasteiger partial charge in [0.05, 0.1) is 5.56 Å². The van der Waals surface area contributed by atoms with Crippen LogP contribution in [0, 0.1) is 0 Å². The van der Waals surface area contributed by atoms with Crippen LogP contribution in [-0.2, 0) is 21.4 Å². The number of amides is 1. The van der Waals surface area contributed by atoms with E-state index in [0.29, 0.717) is 50.6 Å². The summed E-state index contributed by atoms with van der Waals surface area (Å²) in [6.45, 7) is 4.70. The number of aryl methyl sites for hydroxylation is 1. The fourth-order valence-electron chi connectivity index (χ4n) is 4.17. The van der Waals surface area contributed by atoms with Crippen molar-refractivity contribution in [2.45, 2.75) is 37.8 Å². The third-order valence-electron chi connectivity index (χ3n) is 6.03. The van der Waals surface area contributed by atoms with Gasteiger partial charge in [0.2, 0.25) is 5.03 Å². The molecule has 0 radical (unpaired) electrons. The third-order valence-corrected chi connectivity index (χ3v) is 8.12. The van der Waals surface area contributed by atoms with E-state index in [2.05, 4.69) is 10.00 Å². The molecule has 2 saturated heterocycles. The number of anilines is 1. The summed E-state index contributed by atoms with van der Waals surface area (Å²) in [7, 11) is -3.96. The highest BCUT2D eigenvalue weighted by Gasteiger charge is 2.36. The largest absolute Gasteiger partial charge is 0.369 e. The number of benzene rings is 1. The van der Waals surface area contributed by atoms with Crippen LogP contribution < -0.4 is 4.90 Å². The maximum atomic E-state index is 13.5. The van der Waals surface area contributed by atoms with Crippen LogP contribution in [0.1, 0.15) is 36.5 Å². The van der Waals surface area contributed by atoms with Crippen LogP contribution >= 0.6 is 11.6 Å². The zero-order valence-electron chi connectivity index (χ0n) is 18.6. The summed E-state index contributed by atoms with van der Waals surface area (Å²) in [5.41, 5.74) is 1.07. The fraction of sp³-hybridized carbons (Fsp3) is 0.500. The number of carbonyl (C=O) groups excluding carboxylic acids is 2. The smallest absolute Gasteiger partial charge is 0.263 e. The Morgan fingerprint density at radius 3 is 2.27 bits per heavy atom. The summed E-state index contributed by atoms with van der Waals surface area (Å²) in [5, 5.41) is 4.76. The first-order valence-electron chi connectivity index (χ1n) is 11.2. The molecule has 1 aromatic carbocycles. The van der Waals surface area contributed by atoms with Crippen LogP contribution in [0.5, 0.6) is 0 Å². The zero-order chi connectivity index (χ0) is 23.6. The van der Waals surface area contributed by atoms with Crippen molar-refractivity contribution in [3.8, 4) is 0 Å². The lowest BCUT2D eigenvalue weighted by Gasteiger charge is -2.35. The highest BCUT2D eigenvalue weighted by Crippen LogP contribution is 2.25. The quantitative estimate of drug-likeness (QED) is 0.612. The molecule has 2 aliphatic rings. The van der Waals surface area contributed by atoms with Gasteiger partial charge in [-0.3, -0.25) is 14.3 Å². The van der Waals surface area contributed by atoms with Crippen LogP contribution in [0.4, 0.5) is 5.69 Å². The summed E-state index contributed by atoms with van der Waals surface area (Å²) in [6.07, 6.45) is 2.87. The van der Waals surface area contributed by atoms with E-state index in [4.69, 9.17) is 11.6 Å². The number of nitrogens with zero attached hydrogens (tertiary/aromatic N) is 5. The van der Waals surface area contributed by atoms with E-state index in [1.807, 2.05) is 31.2 Å². The molecule has 0 saturated carbocycles. The number of aromatic nitrogens is 2. The first-order valence-corrected chi connectivity index (χ1v) is 13.0. The Balaban J connectivity index is 1.55. The molecule has 0 aliphatic carbocycles. The molecular weight excluding hydrogens is 466 g/mol. The van der Waals surface area contributed by atoms with Crippen molar-refractivity contribution in [2.75, 3.05) is 44.2 Å². The first-order chi connectivity index (χ1) is 15.8. The van der Waals surface area contributed by atoms with Crippen molar-refractivity contribution in [3.05, 3.63) is 41.0 Å². The molecule has 4 rings (SSSR count). The standard InChI is InChI=1S/C22H28ClN5O4S/c1-2-9-27-16-20(22(30)26-10-7-19(29)8-11-26)21(24-27)33(31,32)28-14-12-25(13-15-28)18-5-3-17(23)4-6-18/h3-6,16H,2,7-15H2,1H3. The van der Waals surface area contributed by atoms with Gasteiger partial charge in [-0.15, -0.1) is 0 Å². The van der Waals surface area contributed by atoms with Crippen molar-refractivity contribution in [1.82, 2.24) is 19.0 Å². The second kappa shape index (κ2) is 9.82. The van der Waals surface area contributed by atoms with Gasteiger partial charge in [0, 0.05) is 75.6 Å². The molecule has 2 fully saturated rings. The van der Waals surface area contributed by atoms with Gasteiger partial charge in [-0.1, -0.05) is 18.5 Å². The second-order valence-electron chi connectivity index (χ2n) is 8.31. The minimum atomic E-state index is -3.96. The predicted octanol–water partition coefficient (Wildman–Crippen LogP) is 2.26. The number of piperazine rings is 1. The molecule has 0 unspecified atom stereocenters. The molecule has 0 bridgehead atoms. The van der Waals surface area contributed by atoms with Crippen molar-refractivity contribution < 1.29 is 18.0 Å². The number of halogens is 1. The summed E-state index contributed by atoms with van der Waals surface area (Å²) in [5.74, 6) is -0.268. The molecule has 11 heteroatoms. The van der Waals surface area contributed by atoms with Gasteiger partial charge in [0.15, 0.2) is 0 Å². The second-order valence-corrected chi connectivity index (χ2v) is 10.6. The van der Waals surface area contributed by atoms with Crippen molar-refractivity contribution in [3.63, 3.8) is 0 Å². The molecule has 3 heterocycles. The molecule has 33 heavy (non-hydrogen) atoms. The number of piperidine rings is 1. The number of hydrogen-bond acceptors (Lipinski definition) is 6. The Hall–Kier alpha value is -2.43. The van der Waals surface area contributed by atoms with E-state index in [9.17, 15) is 18.0 Å². The van der Waals surface area contributed by atoms with E-state index >= 15 is 0 Å². The summed E-state index contributed by atoms with van der Waals surface area (Å²) < 4.78 is 30.0. The zero-order valence-corrected chi connectivity index (χ0v) is 20.2. The molecule has 1 aromatic heterocycles. The van der Waals surface area contributed by atoms with E-state index in [-0.39, 0.29) is 35.4 Å². The van der Waals surface area contributed by atoms with Crippen LogP contribution in [0.25, 0.3) is 0 Å². The number of rotatable bonds is 6. The molecule has 0 spiro atoms. The molecule has 0 atom stereocenters. The normalized spacial score (nSPS) is 18.1. The van der Waals surface area contributed by atoms with Gasteiger partial charge in [-0.05, 0) is 30.7 Å². The Morgan fingerprint density at radius 2 is 1.67 bits per heavy atom. The molecule has 0 N–H and O–H groups in total. The maximum absolute atomic E-state index is 13.5. The lowest BCUT2D eigenvalue weighted by Crippen LogP contribution is -2.49. The van der Waals surface area contributed by atoms with Gasteiger partial charge >= 0.3 is 0 Å². The Labute approximate surface area is 198 Å². The van der Waals surface area contributed by atoms with E-state index in [1.54, 1.807) is 4.90 Å². The SMILES string of the molecule is CCCn1cc(C(=O)N2CCC(=O)CC2)c(S(=O)(=O)N2CCN(c3ccc(Cl)cc3)CC2)n1. The lowest BCUT2D eigenvalue weighted by atomic mass is 10.1. The number of ketones is 1. The molecule has 9 nitrogen and oxygen atoms in total. The van der Waals surface area contributed by atoms with Gasteiger partial charge in [0.1, 0.15) is 5.78 Å². The van der Waals surface area contributed by atoms with Crippen molar-refractivity contribution in [2.24, 2.45) is 0 Å². The highest BCUT2D eigenvalue weighted by molar-refractivity contribution is 7.89. The van der Waals surface area contributed by atoms with Crippen LogP contribution in [0.15, 0.2) is 35.5 Å². The van der Waals surface area contributed by atoms with Gasteiger partial charge in [-0.25, -0.2) is 8.42 Å². The minimum absolute atomic E-state index is 0.0814. The molecule has 2 aromatic rings. The highest BCUT2D eigenvalue weighted by atomic mass is 35.5. The van der Waals surface area contributed by atoms with E-state index < -0.39 is 10.0 Å². The number of sulfonamides is 1. The number of carbonyl (C=O) groups is 2. The molecule has 1 amide bonds. The van der Waals surface area contributed by atoms with E-state index in [0.717, 1.165) is 12.1 Å². The van der Waals surface area contributed by atoms with E-state index in [1.165, 1.54) is 15.2 Å². The van der Waals surface area contributed by atoms with Crippen molar-refractivity contribution >= 4 is 39.0 Å². The number of Topliss-reactive ketones (excluding diaryl/α,β-unsaturated/α-hetero) is 1. The fourth-order valence-corrected chi connectivity index (χ4v) is 5.82. The summed E-state index contributed by atoms with van der Waals surface area (Å²) in [4.78, 5) is 28.4. The monoisotopic (exact) mass is 493 g/mol. The lowest BCUT2D eigenvalue weighted by molar-refractivity contribution is -0.120. The first kappa shape index (κ1) is 23.7. The van der Waals surface area contributed by atoms with Gasteiger partial charge in [0.25, 0.3) is 15.9 Å². The Morgan fingerprint density at radius 1 is 1.03 bits per heavy atom. The number of likely N-dealkylation sites (tertiary alicyclic amines) is 1. The molecule has 2 aliphatic heterocycles. The van der Waals surface area contributed by atoms with Crippen molar-refractivity contribution in [1.29, 1.82) is 0 Å². The van der Waals surface area contributed by atoms with Crippen LogP contribution in [0.2, 0.25) is 5.02 Å². The third kappa shape index (κ3) is 5.07. The van der Waals surface area contributed by atoms with Crippen LogP contribution in [0.3, 0.4) is 0 Å². The predicted molar refractivity (Wildman–Crippen MR) is 125 cm³/mol.